The Morgan fingerprint density at radius 2 is 1.91 bits per heavy atom. The Balaban J connectivity index is 1.75. The number of ether oxygens (including phenoxy) is 2. The molecule has 34 heavy (non-hydrogen) atoms. The van der Waals surface area contributed by atoms with Gasteiger partial charge in [-0.1, -0.05) is 38.5 Å². The van der Waals surface area contributed by atoms with Gasteiger partial charge in [0.25, 0.3) is 0 Å². The Bertz CT molecular complexity index is 1020. The first kappa shape index (κ1) is 24.6. The highest BCUT2D eigenvalue weighted by Crippen LogP contribution is 2.66. The van der Waals surface area contributed by atoms with Crippen LogP contribution in [-0.2, 0) is 28.7 Å². The third-order valence-corrected chi connectivity index (χ3v) is 9.00. The molecule has 2 saturated carbocycles. The van der Waals surface area contributed by atoms with Gasteiger partial charge in [0.1, 0.15) is 0 Å². The third kappa shape index (κ3) is 3.61. The lowest BCUT2D eigenvalue weighted by atomic mass is 9.49. The molecule has 0 aromatic heterocycles. The lowest BCUT2D eigenvalue weighted by Crippen LogP contribution is -2.58. The number of carbonyl (C=O) groups excluding carboxylic acids is 4. The van der Waals surface area contributed by atoms with Crippen LogP contribution in [0.25, 0.3) is 0 Å². The van der Waals surface area contributed by atoms with Crippen molar-refractivity contribution in [3.63, 3.8) is 0 Å². The van der Waals surface area contributed by atoms with E-state index in [1.165, 1.54) is 12.5 Å². The maximum atomic E-state index is 13.6. The van der Waals surface area contributed by atoms with E-state index in [4.69, 9.17) is 9.47 Å². The highest BCUT2D eigenvalue weighted by Gasteiger charge is 2.67. The fourth-order valence-electron chi connectivity index (χ4n) is 7.34. The standard InChI is InChI=1S/C28H36O6/c1-6-7-25(32)34-28(24(31)16-33-18(3)29)13-10-22-20-14-17(2)23-15-19(30)8-11-26(23,4)21(20)9-12-27(22,28)5/h8-9,11,15,17,20,22H,6-7,10,12-14,16H2,1-5H3/t17-,20+,22-,26+,27-,28-/m0/s1. The summed E-state index contributed by atoms with van der Waals surface area (Å²) in [4.78, 5) is 49.9. The Kier molecular flexibility index (Phi) is 6.24. The maximum absolute atomic E-state index is 13.6. The van der Waals surface area contributed by atoms with Gasteiger partial charge >= 0.3 is 11.9 Å². The van der Waals surface area contributed by atoms with E-state index in [9.17, 15) is 19.2 Å². The van der Waals surface area contributed by atoms with Gasteiger partial charge in [0.2, 0.25) is 5.78 Å². The molecule has 184 valence electrons. The minimum Gasteiger partial charge on any atom is -0.458 e. The summed E-state index contributed by atoms with van der Waals surface area (Å²) in [6.07, 6.45) is 11.3. The van der Waals surface area contributed by atoms with E-state index in [2.05, 4.69) is 26.8 Å². The highest BCUT2D eigenvalue weighted by atomic mass is 16.6. The first-order chi connectivity index (χ1) is 16.0. The Hall–Kier alpha value is -2.50. The molecule has 6 heteroatoms. The quantitative estimate of drug-likeness (QED) is 0.416. The second-order valence-corrected chi connectivity index (χ2v) is 11.0. The molecule has 0 amide bonds. The fraction of sp³-hybridized carbons (Fsp3) is 0.643. The molecule has 0 aromatic rings. The molecule has 4 aliphatic rings. The largest absolute Gasteiger partial charge is 0.458 e. The zero-order valence-electron chi connectivity index (χ0n) is 20.9. The fourth-order valence-corrected chi connectivity index (χ4v) is 7.34. The summed E-state index contributed by atoms with van der Waals surface area (Å²) in [5.41, 5.74) is 0.276. The summed E-state index contributed by atoms with van der Waals surface area (Å²) in [6, 6.07) is 0. The predicted octanol–water partition coefficient (Wildman–Crippen LogP) is 4.67. The van der Waals surface area contributed by atoms with Gasteiger partial charge < -0.3 is 9.47 Å². The van der Waals surface area contributed by atoms with Crippen molar-refractivity contribution in [1.82, 2.24) is 0 Å². The van der Waals surface area contributed by atoms with Crippen LogP contribution in [0.15, 0.2) is 35.5 Å². The molecule has 2 fully saturated rings. The van der Waals surface area contributed by atoms with E-state index in [-0.39, 0.29) is 53.7 Å². The molecule has 0 heterocycles. The molecule has 0 N–H and O–H groups in total. The zero-order valence-corrected chi connectivity index (χ0v) is 20.9. The van der Waals surface area contributed by atoms with Gasteiger partial charge in [-0.3, -0.25) is 19.2 Å². The summed E-state index contributed by atoms with van der Waals surface area (Å²) in [5.74, 6) is -0.584. The molecule has 4 aliphatic carbocycles. The normalized spacial score (nSPS) is 38.1. The molecule has 0 aromatic carbocycles. The van der Waals surface area contributed by atoms with Crippen LogP contribution in [0.1, 0.15) is 73.1 Å². The SMILES string of the molecule is CCCC(=O)O[C@]1(C(=O)COC(C)=O)CC[C@H]2[C@@H]3C[C@H](C)C4=CC(=O)C=C[C@]4(C)C3=CC[C@@]21C. The van der Waals surface area contributed by atoms with Crippen molar-refractivity contribution in [2.75, 3.05) is 6.61 Å². The number of carbonyl (C=O) groups is 4. The first-order valence-electron chi connectivity index (χ1n) is 12.5. The van der Waals surface area contributed by atoms with Crippen molar-refractivity contribution in [1.29, 1.82) is 0 Å². The van der Waals surface area contributed by atoms with E-state index in [1.54, 1.807) is 12.2 Å². The van der Waals surface area contributed by atoms with Crippen LogP contribution in [0.2, 0.25) is 0 Å². The van der Waals surface area contributed by atoms with Crippen LogP contribution >= 0.6 is 0 Å². The van der Waals surface area contributed by atoms with Gasteiger partial charge in [-0.25, -0.2) is 0 Å². The number of esters is 2. The highest BCUT2D eigenvalue weighted by molar-refractivity contribution is 6.01. The van der Waals surface area contributed by atoms with Crippen molar-refractivity contribution in [2.24, 2.45) is 28.6 Å². The summed E-state index contributed by atoms with van der Waals surface area (Å²) in [6.45, 7) is 9.23. The van der Waals surface area contributed by atoms with Crippen LogP contribution in [-0.4, -0.2) is 35.7 Å². The molecular formula is C28H36O6. The van der Waals surface area contributed by atoms with E-state index < -0.39 is 17.0 Å². The molecule has 0 aliphatic heterocycles. The molecule has 0 spiro atoms. The van der Waals surface area contributed by atoms with E-state index >= 15 is 0 Å². The molecule has 6 atom stereocenters. The lowest BCUT2D eigenvalue weighted by Gasteiger charge is -2.55. The Morgan fingerprint density at radius 1 is 1.18 bits per heavy atom. The minimum atomic E-state index is -1.31. The lowest BCUT2D eigenvalue weighted by molar-refractivity contribution is -0.186. The van der Waals surface area contributed by atoms with Gasteiger partial charge in [-0.05, 0) is 74.5 Å². The van der Waals surface area contributed by atoms with E-state index in [1.807, 2.05) is 13.0 Å². The molecule has 6 nitrogen and oxygen atoms in total. The topological polar surface area (TPSA) is 86.7 Å². The van der Waals surface area contributed by atoms with E-state index in [0.29, 0.717) is 19.3 Å². The molecular weight excluding hydrogens is 432 g/mol. The summed E-state index contributed by atoms with van der Waals surface area (Å²) >= 11 is 0. The van der Waals surface area contributed by atoms with Crippen LogP contribution < -0.4 is 0 Å². The van der Waals surface area contributed by atoms with Crippen molar-refractivity contribution in [3.05, 3.63) is 35.5 Å². The second kappa shape index (κ2) is 8.62. The number of hydrogen-bond donors (Lipinski definition) is 0. The molecule has 0 saturated heterocycles. The van der Waals surface area contributed by atoms with Crippen molar-refractivity contribution < 1.29 is 28.7 Å². The smallest absolute Gasteiger partial charge is 0.306 e. The van der Waals surface area contributed by atoms with Crippen LogP contribution in [0.5, 0.6) is 0 Å². The number of ketones is 2. The predicted molar refractivity (Wildman–Crippen MR) is 127 cm³/mol. The number of hydrogen-bond acceptors (Lipinski definition) is 6. The van der Waals surface area contributed by atoms with Crippen LogP contribution in [0, 0.1) is 28.6 Å². The Morgan fingerprint density at radius 3 is 2.59 bits per heavy atom. The summed E-state index contributed by atoms with van der Waals surface area (Å²) < 4.78 is 11.2. The molecule has 0 radical (unpaired) electrons. The van der Waals surface area contributed by atoms with Crippen LogP contribution in [0.4, 0.5) is 0 Å². The minimum absolute atomic E-state index is 0.0396. The van der Waals surface area contributed by atoms with Gasteiger partial charge in [-0.2, -0.15) is 0 Å². The third-order valence-electron chi connectivity index (χ3n) is 9.00. The molecule has 0 bridgehead atoms. The Labute approximate surface area is 201 Å². The number of Topliss-reactive ketones (excluding diaryl/α,β-unsaturated/α-hetero) is 1. The van der Waals surface area contributed by atoms with Crippen molar-refractivity contribution in [3.8, 4) is 0 Å². The number of fused-ring (bicyclic) bond motifs is 5. The molecule has 0 unspecified atom stereocenters. The molecule has 4 rings (SSSR count). The van der Waals surface area contributed by atoms with Crippen molar-refractivity contribution in [2.45, 2.75) is 78.7 Å². The second-order valence-electron chi connectivity index (χ2n) is 11.0. The first-order valence-corrected chi connectivity index (χ1v) is 12.5. The summed E-state index contributed by atoms with van der Waals surface area (Å²) in [5, 5.41) is 0. The average Bonchev–Trinajstić information content (AvgIpc) is 3.07. The van der Waals surface area contributed by atoms with Crippen LogP contribution in [0.3, 0.4) is 0 Å². The summed E-state index contributed by atoms with van der Waals surface area (Å²) in [7, 11) is 0. The van der Waals surface area contributed by atoms with Crippen molar-refractivity contribution >= 4 is 23.5 Å². The van der Waals surface area contributed by atoms with E-state index in [0.717, 1.165) is 18.4 Å². The van der Waals surface area contributed by atoms with Gasteiger partial charge in [0.15, 0.2) is 18.0 Å². The number of rotatable bonds is 6. The maximum Gasteiger partial charge on any atom is 0.306 e. The van der Waals surface area contributed by atoms with Gasteiger partial charge in [0.05, 0.1) is 0 Å². The van der Waals surface area contributed by atoms with Gasteiger partial charge in [0, 0.05) is 24.2 Å². The number of allylic oxidation sites excluding steroid dienone is 6. The zero-order chi connectivity index (χ0) is 24.9. The van der Waals surface area contributed by atoms with Gasteiger partial charge in [-0.15, -0.1) is 0 Å². The average molecular weight is 469 g/mol. The monoisotopic (exact) mass is 468 g/mol.